The molecule has 0 aliphatic rings. The van der Waals surface area contributed by atoms with Crippen molar-refractivity contribution in [3.63, 3.8) is 0 Å². The van der Waals surface area contributed by atoms with Crippen LogP contribution < -0.4 is 15.2 Å². The first-order valence-electron chi connectivity index (χ1n) is 7.60. The van der Waals surface area contributed by atoms with Crippen LogP contribution in [0.4, 0.5) is 4.39 Å². The van der Waals surface area contributed by atoms with Gasteiger partial charge in [-0.25, -0.2) is 4.39 Å². The molecule has 0 fully saturated rings. The second kappa shape index (κ2) is 8.53. The first-order chi connectivity index (χ1) is 12.3. The lowest BCUT2D eigenvalue weighted by Gasteiger charge is -2.18. The van der Waals surface area contributed by atoms with Crippen molar-refractivity contribution in [3.8, 4) is 11.5 Å². The third-order valence-electron chi connectivity index (χ3n) is 3.62. The third kappa shape index (κ3) is 4.86. The molecule has 2 aromatic rings. The molecule has 0 radical (unpaired) electrons. The molecule has 0 saturated carbocycles. The van der Waals surface area contributed by atoms with Crippen molar-refractivity contribution in [2.75, 3.05) is 20.8 Å². The Morgan fingerprint density at radius 1 is 1.19 bits per heavy atom. The summed E-state index contributed by atoms with van der Waals surface area (Å²) in [6.07, 6.45) is 0. The fraction of sp³-hybridized carbons (Fsp3) is 0.222. The molecule has 138 valence electrons. The van der Waals surface area contributed by atoms with Crippen LogP contribution in [0.5, 0.6) is 11.5 Å². The van der Waals surface area contributed by atoms with Gasteiger partial charge in [0.05, 0.1) is 12.7 Å². The predicted molar refractivity (Wildman–Crippen MR) is 94.9 cm³/mol. The second-order valence-electron chi connectivity index (χ2n) is 5.51. The zero-order valence-electron chi connectivity index (χ0n) is 14.3. The van der Waals surface area contributed by atoms with Crippen LogP contribution in [-0.4, -0.2) is 37.5 Å². The van der Waals surface area contributed by atoms with Crippen molar-refractivity contribution in [2.24, 2.45) is 5.73 Å². The zero-order valence-corrected chi connectivity index (χ0v) is 15.0. The van der Waals surface area contributed by atoms with E-state index < -0.39 is 11.7 Å². The predicted octanol–water partition coefficient (Wildman–Crippen LogP) is 2.62. The van der Waals surface area contributed by atoms with Gasteiger partial charge in [-0.05, 0) is 35.9 Å². The summed E-state index contributed by atoms with van der Waals surface area (Å²) in [5.41, 5.74) is 5.96. The molecule has 2 rings (SSSR count). The average Bonchev–Trinajstić information content (AvgIpc) is 2.60. The van der Waals surface area contributed by atoms with Gasteiger partial charge in [0.2, 0.25) is 0 Å². The van der Waals surface area contributed by atoms with Crippen molar-refractivity contribution >= 4 is 23.4 Å². The van der Waals surface area contributed by atoms with Crippen LogP contribution in [0.1, 0.15) is 15.9 Å². The number of nitrogens with two attached hydrogens (primary N) is 1. The van der Waals surface area contributed by atoms with E-state index in [-0.39, 0.29) is 36.1 Å². The van der Waals surface area contributed by atoms with E-state index in [1.807, 2.05) is 0 Å². The van der Waals surface area contributed by atoms with Gasteiger partial charge in [-0.3, -0.25) is 9.59 Å². The Hall–Kier alpha value is -2.80. The Morgan fingerprint density at radius 2 is 1.88 bits per heavy atom. The van der Waals surface area contributed by atoms with Crippen molar-refractivity contribution in [2.45, 2.75) is 6.54 Å². The molecule has 2 amide bonds. The minimum absolute atomic E-state index is 0.0881. The number of amides is 2. The monoisotopic (exact) mass is 380 g/mol. The quantitative estimate of drug-likeness (QED) is 0.800. The molecule has 0 spiro atoms. The highest BCUT2D eigenvalue weighted by Gasteiger charge is 2.15. The Bertz CT molecular complexity index is 829. The molecule has 0 atom stereocenters. The van der Waals surface area contributed by atoms with E-state index in [2.05, 4.69) is 0 Å². The Kier molecular flexibility index (Phi) is 6.41. The van der Waals surface area contributed by atoms with Gasteiger partial charge in [0.25, 0.3) is 11.8 Å². The Balaban J connectivity index is 2.00. The average molecular weight is 381 g/mol. The molecule has 0 unspecified atom stereocenters. The molecule has 2 N–H and O–H groups in total. The molecule has 26 heavy (non-hydrogen) atoms. The van der Waals surface area contributed by atoms with Crippen LogP contribution in [-0.2, 0) is 11.3 Å². The van der Waals surface area contributed by atoms with E-state index >= 15 is 0 Å². The summed E-state index contributed by atoms with van der Waals surface area (Å²) in [5, 5.41) is 0.330. The zero-order chi connectivity index (χ0) is 19.3. The van der Waals surface area contributed by atoms with Crippen molar-refractivity contribution in [1.82, 2.24) is 4.90 Å². The number of halogens is 2. The minimum Gasteiger partial charge on any atom is -0.494 e. The molecule has 0 aliphatic carbocycles. The number of ether oxygens (including phenoxy) is 2. The van der Waals surface area contributed by atoms with Gasteiger partial charge in [-0.15, -0.1) is 0 Å². The number of hydrogen-bond donors (Lipinski definition) is 1. The molecule has 0 heterocycles. The van der Waals surface area contributed by atoms with Crippen LogP contribution in [0.2, 0.25) is 5.02 Å². The van der Waals surface area contributed by atoms with Crippen LogP contribution >= 0.6 is 11.6 Å². The molecular weight excluding hydrogens is 363 g/mol. The minimum atomic E-state index is -0.711. The summed E-state index contributed by atoms with van der Waals surface area (Å²) in [6.45, 7) is -0.122. The SMILES string of the molecule is COc1ccc(CN(C)C(=O)COc2ccc(Cl)cc2C(N)=O)cc1F. The number of methoxy groups -OCH3 is 1. The number of carbonyl (C=O) groups is 2. The maximum Gasteiger partial charge on any atom is 0.260 e. The van der Waals surface area contributed by atoms with Gasteiger partial charge in [0.15, 0.2) is 18.2 Å². The molecule has 8 heteroatoms. The highest BCUT2D eigenvalue weighted by atomic mass is 35.5. The number of carbonyl (C=O) groups excluding carboxylic acids is 2. The van der Waals surface area contributed by atoms with E-state index in [1.54, 1.807) is 13.1 Å². The number of benzene rings is 2. The smallest absolute Gasteiger partial charge is 0.260 e. The van der Waals surface area contributed by atoms with Gasteiger partial charge in [0, 0.05) is 18.6 Å². The number of primary amides is 1. The summed E-state index contributed by atoms with van der Waals surface area (Å²) in [7, 11) is 2.94. The summed E-state index contributed by atoms with van der Waals surface area (Å²) in [5.74, 6) is -1.27. The summed E-state index contributed by atoms with van der Waals surface area (Å²) in [4.78, 5) is 25.0. The first kappa shape index (κ1) is 19.5. The Labute approximate surface area is 155 Å². The standard InChI is InChI=1S/C18H18ClFN2O4/c1-22(9-11-3-5-16(25-2)14(20)7-11)17(23)10-26-15-6-4-12(19)8-13(15)18(21)24/h3-8H,9-10H2,1-2H3,(H2,21,24). The fourth-order valence-electron chi connectivity index (χ4n) is 2.24. The molecule has 0 aromatic heterocycles. The maximum absolute atomic E-state index is 13.7. The first-order valence-corrected chi connectivity index (χ1v) is 7.98. The van der Waals surface area contributed by atoms with Gasteiger partial charge in [-0.2, -0.15) is 0 Å². The maximum atomic E-state index is 13.7. The van der Waals surface area contributed by atoms with E-state index in [0.29, 0.717) is 10.6 Å². The van der Waals surface area contributed by atoms with Gasteiger partial charge in [-0.1, -0.05) is 17.7 Å². The van der Waals surface area contributed by atoms with Gasteiger partial charge in [0.1, 0.15) is 5.75 Å². The van der Waals surface area contributed by atoms with E-state index in [4.69, 9.17) is 26.8 Å². The molecular formula is C18H18ClFN2O4. The number of rotatable bonds is 7. The second-order valence-corrected chi connectivity index (χ2v) is 5.95. The van der Waals surface area contributed by atoms with Crippen molar-refractivity contribution < 1.29 is 23.5 Å². The topological polar surface area (TPSA) is 81.9 Å². The number of likely N-dealkylation sites (N-methyl/N-ethyl adjacent to an activating group) is 1. The van der Waals surface area contributed by atoms with Crippen molar-refractivity contribution in [1.29, 1.82) is 0 Å². The van der Waals surface area contributed by atoms with E-state index in [9.17, 15) is 14.0 Å². The highest BCUT2D eigenvalue weighted by Crippen LogP contribution is 2.23. The third-order valence-corrected chi connectivity index (χ3v) is 3.86. The van der Waals surface area contributed by atoms with Crippen molar-refractivity contribution in [3.05, 3.63) is 58.4 Å². The van der Waals surface area contributed by atoms with Crippen LogP contribution in [0.25, 0.3) is 0 Å². The fourth-order valence-corrected chi connectivity index (χ4v) is 2.41. The molecule has 0 aliphatic heterocycles. The van der Waals surface area contributed by atoms with E-state index in [0.717, 1.165) is 0 Å². The lowest BCUT2D eigenvalue weighted by molar-refractivity contribution is -0.132. The summed E-state index contributed by atoms with van der Waals surface area (Å²) >= 11 is 5.82. The molecule has 0 saturated heterocycles. The normalized spacial score (nSPS) is 10.3. The molecule has 0 bridgehead atoms. The lowest BCUT2D eigenvalue weighted by atomic mass is 10.2. The van der Waals surface area contributed by atoms with Crippen LogP contribution in [0.3, 0.4) is 0 Å². The highest BCUT2D eigenvalue weighted by molar-refractivity contribution is 6.31. The largest absolute Gasteiger partial charge is 0.494 e. The summed E-state index contributed by atoms with van der Waals surface area (Å²) in [6, 6.07) is 8.82. The van der Waals surface area contributed by atoms with Gasteiger partial charge < -0.3 is 20.1 Å². The van der Waals surface area contributed by atoms with E-state index in [1.165, 1.54) is 42.3 Å². The van der Waals surface area contributed by atoms with Crippen LogP contribution in [0, 0.1) is 5.82 Å². The van der Waals surface area contributed by atoms with Crippen LogP contribution in [0.15, 0.2) is 36.4 Å². The lowest BCUT2D eigenvalue weighted by Crippen LogP contribution is -2.31. The number of nitrogens with zero attached hydrogens (tertiary/aromatic N) is 1. The molecule has 6 nitrogen and oxygen atoms in total. The van der Waals surface area contributed by atoms with Gasteiger partial charge >= 0.3 is 0 Å². The summed E-state index contributed by atoms with van der Waals surface area (Å²) < 4.78 is 24.0. The Morgan fingerprint density at radius 3 is 2.50 bits per heavy atom. The number of hydrogen-bond acceptors (Lipinski definition) is 4. The molecule has 2 aromatic carbocycles.